The van der Waals surface area contributed by atoms with Crippen molar-refractivity contribution >= 4 is 11.9 Å². The van der Waals surface area contributed by atoms with E-state index in [4.69, 9.17) is 4.74 Å². The molecule has 1 N–H and O–H groups in total. The Bertz CT molecular complexity index is 509. The highest BCUT2D eigenvalue weighted by Crippen LogP contribution is 2.52. The summed E-state index contributed by atoms with van der Waals surface area (Å²) >= 11 is 0. The van der Waals surface area contributed by atoms with Gasteiger partial charge in [-0.1, -0.05) is 27.7 Å². The monoisotopic (exact) mass is 336 g/mol. The standard InChI is InChI=1S/C18H32N4O2/c1-12(2)16(23)21-7-9-22(10-8-21)17(19-5)20-14-13-6-11-24-15(13)18(14,3)4/h12-15H,6-11H2,1-5H3,(H,19,20). The molecule has 2 saturated heterocycles. The summed E-state index contributed by atoms with van der Waals surface area (Å²) in [6.07, 6.45) is 1.52. The second-order valence-corrected chi connectivity index (χ2v) is 8.20. The Morgan fingerprint density at radius 3 is 2.42 bits per heavy atom. The smallest absolute Gasteiger partial charge is 0.225 e. The van der Waals surface area contributed by atoms with Crippen molar-refractivity contribution in [2.45, 2.75) is 46.3 Å². The van der Waals surface area contributed by atoms with Crippen LogP contribution < -0.4 is 5.32 Å². The van der Waals surface area contributed by atoms with Crippen molar-refractivity contribution in [2.75, 3.05) is 39.8 Å². The molecule has 1 saturated carbocycles. The van der Waals surface area contributed by atoms with Crippen molar-refractivity contribution in [2.24, 2.45) is 22.2 Å². The second kappa shape index (κ2) is 6.54. The molecule has 2 heterocycles. The van der Waals surface area contributed by atoms with Gasteiger partial charge in [0.05, 0.1) is 6.10 Å². The van der Waals surface area contributed by atoms with Crippen LogP contribution in [-0.2, 0) is 9.53 Å². The molecule has 6 nitrogen and oxygen atoms in total. The van der Waals surface area contributed by atoms with Crippen molar-refractivity contribution in [3.63, 3.8) is 0 Å². The molecule has 3 unspecified atom stereocenters. The Morgan fingerprint density at radius 2 is 1.83 bits per heavy atom. The van der Waals surface area contributed by atoms with Gasteiger partial charge in [0.25, 0.3) is 0 Å². The van der Waals surface area contributed by atoms with Crippen LogP contribution >= 0.6 is 0 Å². The average molecular weight is 336 g/mol. The van der Waals surface area contributed by atoms with Crippen molar-refractivity contribution in [1.82, 2.24) is 15.1 Å². The lowest BCUT2D eigenvalue weighted by Gasteiger charge is -2.55. The minimum atomic E-state index is 0.0732. The third kappa shape index (κ3) is 2.89. The van der Waals surface area contributed by atoms with E-state index in [9.17, 15) is 4.79 Å². The molecule has 3 rings (SSSR count). The summed E-state index contributed by atoms with van der Waals surface area (Å²) in [6.45, 7) is 12.6. The van der Waals surface area contributed by atoms with E-state index in [-0.39, 0.29) is 17.2 Å². The van der Waals surface area contributed by atoms with Crippen LogP contribution in [0.3, 0.4) is 0 Å². The number of nitrogens with zero attached hydrogens (tertiary/aromatic N) is 3. The fraction of sp³-hybridized carbons (Fsp3) is 0.889. The molecular formula is C18H32N4O2. The molecule has 1 aliphatic carbocycles. The van der Waals surface area contributed by atoms with Crippen LogP contribution in [0.5, 0.6) is 0 Å². The molecule has 0 spiro atoms. The van der Waals surface area contributed by atoms with Gasteiger partial charge in [0.2, 0.25) is 5.91 Å². The minimum absolute atomic E-state index is 0.0732. The number of hydrogen-bond acceptors (Lipinski definition) is 3. The Balaban J connectivity index is 1.58. The Hall–Kier alpha value is -1.30. The summed E-state index contributed by atoms with van der Waals surface area (Å²) in [5.41, 5.74) is 0.145. The lowest BCUT2D eigenvalue weighted by Crippen LogP contribution is -2.68. The number of nitrogens with one attached hydrogen (secondary N) is 1. The zero-order valence-electron chi connectivity index (χ0n) is 15.7. The molecule has 24 heavy (non-hydrogen) atoms. The SMILES string of the molecule is CN=C(NC1C2CCOC2C1(C)C)N1CCN(C(=O)C(C)C)CC1. The number of piperazine rings is 1. The van der Waals surface area contributed by atoms with Crippen molar-refractivity contribution in [1.29, 1.82) is 0 Å². The first kappa shape index (κ1) is 17.5. The molecule has 1 amide bonds. The highest BCUT2D eigenvalue weighted by Gasteiger charge is 2.59. The van der Waals surface area contributed by atoms with Crippen LogP contribution in [0, 0.1) is 17.3 Å². The zero-order chi connectivity index (χ0) is 17.5. The van der Waals surface area contributed by atoms with E-state index < -0.39 is 0 Å². The van der Waals surface area contributed by atoms with E-state index in [0.717, 1.165) is 45.2 Å². The minimum Gasteiger partial charge on any atom is -0.377 e. The van der Waals surface area contributed by atoms with Crippen LogP contribution in [0.1, 0.15) is 34.1 Å². The summed E-state index contributed by atoms with van der Waals surface area (Å²) in [4.78, 5) is 20.9. The lowest BCUT2D eigenvalue weighted by atomic mass is 9.57. The first-order valence-electron chi connectivity index (χ1n) is 9.25. The Morgan fingerprint density at radius 1 is 1.21 bits per heavy atom. The van der Waals surface area contributed by atoms with Crippen LogP contribution in [-0.4, -0.2) is 73.6 Å². The van der Waals surface area contributed by atoms with Gasteiger partial charge in [-0.25, -0.2) is 0 Å². The number of carbonyl (C=O) groups excluding carboxylic acids is 1. The number of ether oxygens (including phenoxy) is 1. The van der Waals surface area contributed by atoms with Gasteiger partial charge in [0, 0.05) is 63.1 Å². The van der Waals surface area contributed by atoms with Crippen molar-refractivity contribution < 1.29 is 9.53 Å². The summed E-state index contributed by atoms with van der Waals surface area (Å²) < 4.78 is 5.88. The zero-order valence-corrected chi connectivity index (χ0v) is 15.7. The van der Waals surface area contributed by atoms with Crippen LogP contribution in [0.15, 0.2) is 4.99 Å². The molecule has 0 aromatic carbocycles. The van der Waals surface area contributed by atoms with Gasteiger partial charge in [-0.3, -0.25) is 9.79 Å². The molecule has 3 aliphatic rings. The number of fused-ring (bicyclic) bond motifs is 1. The fourth-order valence-electron chi connectivity index (χ4n) is 4.56. The van der Waals surface area contributed by atoms with Gasteiger partial charge in [-0.2, -0.15) is 0 Å². The summed E-state index contributed by atoms with van der Waals surface area (Å²) in [6, 6.07) is 0.416. The topological polar surface area (TPSA) is 57.2 Å². The molecule has 0 radical (unpaired) electrons. The molecule has 2 aliphatic heterocycles. The molecule has 0 bridgehead atoms. The molecule has 136 valence electrons. The maximum Gasteiger partial charge on any atom is 0.225 e. The number of guanidine groups is 1. The van der Waals surface area contributed by atoms with Gasteiger partial charge >= 0.3 is 0 Å². The third-order valence-corrected chi connectivity index (χ3v) is 5.98. The molecule has 3 atom stereocenters. The summed E-state index contributed by atoms with van der Waals surface area (Å²) in [7, 11) is 1.85. The Labute approximate surface area is 145 Å². The normalized spacial score (nSPS) is 32.6. The molecule has 3 fully saturated rings. The molecule has 0 aromatic heterocycles. The van der Waals surface area contributed by atoms with E-state index in [0.29, 0.717) is 18.1 Å². The first-order chi connectivity index (χ1) is 11.4. The number of aliphatic imine (C=N–C) groups is 1. The third-order valence-electron chi connectivity index (χ3n) is 5.98. The number of hydrogen-bond donors (Lipinski definition) is 1. The van der Waals surface area contributed by atoms with E-state index in [1.54, 1.807) is 0 Å². The number of carbonyl (C=O) groups is 1. The van der Waals surface area contributed by atoms with Gasteiger partial charge in [-0.15, -0.1) is 0 Å². The predicted octanol–water partition coefficient (Wildman–Crippen LogP) is 1.18. The van der Waals surface area contributed by atoms with Crippen molar-refractivity contribution in [3.05, 3.63) is 0 Å². The highest BCUT2D eigenvalue weighted by molar-refractivity contribution is 5.82. The fourth-order valence-corrected chi connectivity index (χ4v) is 4.56. The van der Waals surface area contributed by atoms with Crippen LogP contribution in [0.2, 0.25) is 0 Å². The number of amides is 1. The van der Waals surface area contributed by atoms with Gasteiger partial charge in [0.1, 0.15) is 0 Å². The van der Waals surface area contributed by atoms with E-state index in [1.807, 2.05) is 25.8 Å². The van der Waals surface area contributed by atoms with Gasteiger partial charge in [-0.05, 0) is 6.42 Å². The van der Waals surface area contributed by atoms with Crippen LogP contribution in [0.4, 0.5) is 0 Å². The predicted molar refractivity (Wildman–Crippen MR) is 94.9 cm³/mol. The molecule has 0 aromatic rings. The summed E-state index contributed by atoms with van der Waals surface area (Å²) in [5, 5.41) is 3.69. The van der Waals surface area contributed by atoms with Gasteiger partial charge in [0.15, 0.2) is 5.96 Å². The molecule has 6 heteroatoms. The lowest BCUT2D eigenvalue weighted by molar-refractivity contribution is -0.135. The van der Waals surface area contributed by atoms with Gasteiger partial charge < -0.3 is 19.9 Å². The molecular weight excluding hydrogens is 304 g/mol. The maximum absolute atomic E-state index is 12.1. The quantitative estimate of drug-likeness (QED) is 0.608. The first-order valence-corrected chi connectivity index (χ1v) is 9.25. The second-order valence-electron chi connectivity index (χ2n) is 8.20. The largest absolute Gasteiger partial charge is 0.377 e. The van der Waals surface area contributed by atoms with Crippen LogP contribution in [0.25, 0.3) is 0 Å². The summed E-state index contributed by atoms with van der Waals surface area (Å²) in [5.74, 6) is 1.89. The Kier molecular flexibility index (Phi) is 4.78. The van der Waals surface area contributed by atoms with E-state index >= 15 is 0 Å². The maximum atomic E-state index is 12.1. The van der Waals surface area contributed by atoms with E-state index in [2.05, 4.69) is 29.1 Å². The average Bonchev–Trinajstić information content (AvgIpc) is 3.02. The van der Waals surface area contributed by atoms with Crippen molar-refractivity contribution in [3.8, 4) is 0 Å². The number of rotatable bonds is 2. The van der Waals surface area contributed by atoms with E-state index in [1.165, 1.54) is 0 Å². The highest BCUT2D eigenvalue weighted by atomic mass is 16.5.